The highest BCUT2D eigenvalue weighted by Crippen LogP contribution is 2.35. The molecule has 0 unspecified atom stereocenters. The Balaban J connectivity index is 1.53. The van der Waals surface area contributed by atoms with Gasteiger partial charge in [-0.3, -0.25) is 4.79 Å². The van der Waals surface area contributed by atoms with Crippen molar-refractivity contribution < 1.29 is 9.53 Å². The van der Waals surface area contributed by atoms with Crippen LogP contribution in [-0.2, 0) is 11.2 Å². The zero-order chi connectivity index (χ0) is 14.9. The topological polar surface area (TPSA) is 29.5 Å². The Morgan fingerprint density at radius 1 is 1.05 bits per heavy atom. The quantitative estimate of drug-likeness (QED) is 0.850. The second-order valence-corrected chi connectivity index (χ2v) is 6.02. The molecular weight excluding hydrogens is 274 g/mol. The summed E-state index contributed by atoms with van der Waals surface area (Å²) in [6.45, 7) is 0.828. The Bertz CT molecular complexity index is 658. The first-order valence-corrected chi connectivity index (χ1v) is 7.93. The minimum absolute atomic E-state index is 0.127. The second-order valence-electron chi connectivity index (χ2n) is 6.02. The van der Waals surface area contributed by atoms with Crippen LogP contribution in [0.2, 0.25) is 0 Å². The van der Waals surface area contributed by atoms with Crippen LogP contribution in [0.4, 0.5) is 0 Å². The molecule has 0 spiro atoms. The molecule has 22 heavy (non-hydrogen) atoms. The summed E-state index contributed by atoms with van der Waals surface area (Å²) in [4.78, 5) is 14.9. The van der Waals surface area contributed by atoms with Gasteiger partial charge in [-0.1, -0.05) is 48.5 Å². The van der Waals surface area contributed by atoms with E-state index in [-0.39, 0.29) is 18.1 Å². The number of para-hydroxylation sites is 1. The first-order chi connectivity index (χ1) is 10.8. The minimum atomic E-state index is -0.360. The molecule has 0 N–H and O–H groups in total. The van der Waals surface area contributed by atoms with Gasteiger partial charge in [0, 0.05) is 13.0 Å². The fraction of sp³-hybridized carbons (Fsp3) is 0.316. The van der Waals surface area contributed by atoms with Crippen molar-refractivity contribution in [3.05, 3.63) is 65.7 Å². The number of amides is 1. The van der Waals surface area contributed by atoms with Crippen LogP contribution >= 0.6 is 0 Å². The molecule has 2 heterocycles. The van der Waals surface area contributed by atoms with Gasteiger partial charge in [0.15, 0.2) is 6.10 Å². The molecule has 0 aliphatic carbocycles. The lowest BCUT2D eigenvalue weighted by atomic mass is 10.0. The Morgan fingerprint density at radius 3 is 2.64 bits per heavy atom. The maximum Gasteiger partial charge on any atom is 0.264 e. The zero-order valence-electron chi connectivity index (χ0n) is 12.4. The first-order valence-electron chi connectivity index (χ1n) is 7.93. The third kappa shape index (κ3) is 2.27. The number of ether oxygens (including phenoxy) is 1. The summed E-state index contributed by atoms with van der Waals surface area (Å²) in [5, 5.41) is 0. The molecule has 112 valence electrons. The number of carbonyl (C=O) groups excluding carboxylic acids is 1. The average Bonchev–Trinajstić information content (AvgIpc) is 3.21. The molecular formula is C19H19NO2. The summed E-state index contributed by atoms with van der Waals surface area (Å²) in [5.41, 5.74) is 2.36. The van der Waals surface area contributed by atoms with E-state index in [1.807, 2.05) is 47.4 Å². The van der Waals surface area contributed by atoms with Crippen LogP contribution < -0.4 is 4.74 Å². The van der Waals surface area contributed by atoms with Crippen molar-refractivity contribution >= 4 is 5.91 Å². The molecule has 0 bridgehead atoms. The van der Waals surface area contributed by atoms with Gasteiger partial charge in [0.05, 0.1) is 6.04 Å². The molecule has 0 radical (unpaired) electrons. The molecule has 2 aliphatic heterocycles. The van der Waals surface area contributed by atoms with Gasteiger partial charge < -0.3 is 9.64 Å². The number of hydrogen-bond donors (Lipinski definition) is 0. The maximum atomic E-state index is 12.9. The fourth-order valence-corrected chi connectivity index (χ4v) is 3.56. The molecule has 4 rings (SSSR count). The van der Waals surface area contributed by atoms with E-state index < -0.39 is 0 Å². The van der Waals surface area contributed by atoms with E-state index in [0.717, 1.165) is 30.7 Å². The van der Waals surface area contributed by atoms with E-state index >= 15 is 0 Å². The normalized spacial score (nSPS) is 23.2. The summed E-state index contributed by atoms with van der Waals surface area (Å²) < 4.78 is 5.87. The second kappa shape index (κ2) is 5.48. The van der Waals surface area contributed by atoms with Gasteiger partial charge in [-0.25, -0.2) is 0 Å². The predicted octanol–water partition coefficient (Wildman–Crippen LogP) is 3.35. The third-order valence-corrected chi connectivity index (χ3v) is 4.64. The SMILES string of the molecule is O=C([C@@H]1Cc2ccccc2O1)N1CCC[C@@H]1c1ccccc1. The summed E-state index contributed by atoms with van der Waals surface area (Å²) in [7, 11) is 0. The third-order valence-electron chi connectivity index (χ3n) is 4.64. The monoisotopic (exact) mass is 293 g/mol. The lowest BCUT2D eigenvalue weighted by molar-refractivity contribution is -0.138. The largest absolute Gasteiger partial charge is 0.480 e. The fourth-order valence-electron chi connectivity index (χ4n) is 3.56. The molecule has 3 nitrogen and oxygen atoms in total. The van der Waals surface area contributed by atoms with Crippen molar-refractivity contribution in [2.75, 3.05) is 6.54 Å². The summed E-state index contributed by atoms with van der Waals surface area (Å²) in [6, 6.07) is 18.5. The molecule has 2 atom stereocenters. The van der Waals surface area contributed by atoms with Crippen LogP contribution in [0.5, 0.6) is 5.75 Å². The van der Waals surface area contributed by atoms with Crippen molar-refractivity contribution in [3.8, 4) is 5.75 Å². The molecule has 1 saturated heterocycles. The molecule has 2 aliphatic rings. The van der Waals surface area contributed by atoms with Gasteiger partial charge in [0.2, 0.25) is 0 Å². The minimum Gasteiger partial charge on any atom is -0.480 e. The Kier molecular flexibility index (Phi) is 3.34. The highest BCUT2D eigenvalue weighted by Gasteiger charge is 2.37. The van der Waals surface area contributed by atoms with E-state index in [1.165, 1.54) is 5.56 Å². The number of carbonyl (C=O) groups is 1. The summed E-state index contributed by atoms with van der Waals surface area (Å²) >= 11 is 0. The van der Waals surface area contributed by atoms with Crippen molar-refractivity contribution in [3.63, 3.8) is 0 Å². The highest BCUT2D eigenvalue weighted by molar-refractivity contribution is 5.83. The van der Waals surface area contributed by atoms with Crippen molar-refractivity contribution in [1.82, 2.24) is 4.90 Å². The van der Waals surface area contributed by atoms with E-state index in [4.69, 9.17) is 4.74 Å². The van der Waals surface area contributed by atoms with Crippen molar-refractivity contribution in [2.45, 2.75) is 31.4 Å². The molecule has 0 saturated carbocycles. The number of fused-ring (bicyclic) bond motifs is 1. The zero-order valence-corrected chi connectivity index (χ0v) is 12.4. The van der Waals surface area contributed by atoms with E-state index in [1.54, 1.807) is 0 Å². The lowest BCUT2D eigenvalue weighted by Gasteiger charge is -2.27. The molecule has 2 aromatic carbocycles. The molecule has 2 aromatic rings. The van der Waals surface area contributed by atoms with Gasteiger partial charge in [-0.05, 0) is 30.0 Å². The van der Waals surface area contributed by atoms with Crippen LogP contribution in [0, 0.1) is 0 Å². The van der Waals surface area contributed by atoms with E-state index in [0.29, 0.717) is 6.42 Å². The summed E-state index contributed by atoms with van der Waals surface area (Å²) in [6.07, 6.45) is 2.43. The molecule has 3 heteroatoms. The number of likely N-dealkylation sites (tertiary alicyclic amines) is 1. The predicted molar refractivity (Wildman–Crippen MR) is 84.7 cm³/mol. The van der Waals surface area contributed by atoms with Gasteiger partial charge in [0.1, 0.15) is 5.75 Å². The standard InChI is InChI=1S/C19H19NO2/c21-19(18-13-15-9-4-5-11-17(15)22-18)20-12-6-10-16(20)14-7-2-1-3-8-14/h1-5,7-9,11,16,18H,6,10,12-13H2/t16-,18+/m1/s1. The van der Waals surface area contributed by atoms with Crippen LogP contribution in [0.15, 0.2) is 54.6 Å². The maximum absolute atomic E-state index is 12.9. The van der Waals surface area contributed by atoms with Gasteiger partial charge >= 0.3 is 0 Å². The van der Waals surface area contributed by atoms with Crippen LogP contribution in [-0.4, -0.2) is 23.5 Å². The Morgan fingerprint density at radius 2 is 1.82 bits per heavy atom. The average molecular weight is 293 g/mol. The molecule has 0 aromatic heterocycles. The van der Waals surface area contributed by atoms with Gasteiger partial charge in [-0.2, -0.15) is 0 Å². The van der Waals surface area contributed by atoms with Crippen molar-refractivity contribution in [1.29, 1.82) is 0 Å². The molecule has 1 amide bonds. The molecule has 1 fully saturated rings. The van der Waals surface area contributed by atoms with E-state index in [9.17, 15) is 4.79 Å². The van der Waals surface area contributed by atoms with E-state index in [2.05, 4.69) is 12.1 Å². The van der Waals surface area contributed by atoms with Crippen LogP contribution in [0.3, 0.4) is 0 Å². The number of nitrogens with zero attached hydrogens (tertiary/aromatic N) is 1. The highest BCUT2D eigenvalue weighted by atomic mass is 16.5. The smallest absolute Gasteiger partial charge is 0.264 e. The number of benzene rings is 2. The summed E-state index contributed by atoms with van der Waals surface area (Å²) in [5.74, 6) is 0.985. The van der Waals surface area contributed by atoms with Crippen LogP contribution in [0.25, 0.3) is 0 Å². The van der Waals surface area contributed by atoms with Gasteiger partial charge in [-0.15, -0.1) is 0 Å². The van der Waals surface area contributed by atoms with Crippen molar-refractivity contribution in [2.24, 2.45) is 0 Å². The number of rotatable bonds is 2. The van der Waals surface area contributed by atoms with Crippen LogP contribution in [0.1, 0.15) is 30.0 Å². The Labute approximate surface area is 130 Å². The Hall–Kier alpha value is -2.29. The first kappa shape index (κ1) is 13.4. The van der Waals surface area contributed by atoms with Gasteiger partial charge in [0.25, 0.3) is 5.91 Å². The lowest BCUT2D eigenvalue weighted by Crippen LogP contribution is -2.40. The number of hydrogen-bond acceptors (Lipinski definition) is 2.